The minimum atomic E-state index is 0.330. The maximum Gasteiger partial charge on any atom is 0.0438 e. The van der Waals surface area contributed by atoms with E-state index in [1.54, 1.807) is 0 Å². The molecule has 0 bridgehead atoms. The third kappa shape index (κ3) is 1.62. The second-order valence-electron chi connectivity index (χ2n) is 3.19. The van der Waals surface area contributed by atoms with Crippen LogP contribution in [0.4, 0.5) is 0 Å². The third-order valence-electron chi connectivity index (χ3n) is 2.05. The molecule has 56 valence electrons. The van der Waals surface area contributed by atoms with Crippen molar-refractivity contribution in [2.75, 3.05) is 0 Å². The summed E-state index contributed by atoms with van der Waals surface area (Å²) in [7, 11) is 0. The zero-order valence-corrected chi connectivity index (χ0v) is 8.84. The maximum absolute atomic E-state index is 2.50. The van der Waals surface area contributed by atoms with Gasteiger partial charge in [-0.15, -0.1) is 0 Å². The highest BCUT2D eigenvalue weighted by molar-refractivity contribution is 14.1. The zero-order valence-electron chi connectivity index (χ0n) is 6.69. The van der Waals surface area contributed by atoms with Crippen LogP contribution in [0.25, 0.3) is 0 Å². The zero-order chi connectivity index (χ0) is 7.78. The Hall–Kier alpha value is 0.210. The average molecular weight is 248 g/mol. The summed E-state index contributed by atoms with van der Waals surface area (Å²) in [5, 5.41) is 0. The van der Waals surface area contributed by atoms with E-state index in [2.05, 4.69) is 61.6 Å². The molecule has 0 amide bonds. The van der Waals surface area contributed by atoms with Crippen LogP contribution >= 0.6 is 22.6 Å². The summed E-state index contributed by atoms with van der Waals surface area (Å²) in [6.45, 7) is 6.68. The van der Waals surface area contributed by atoms with E-state index in [-0.39, 0.29) is 0 Å². The van der Waals surface area contributed by atoms with Crippen LogP contribution in [0.15, 0.2) is 23.8 Å². The Balaban J connectivity index is 2.88. The van der Waals surface area contributed by atoms with Gasteiger partial charge in [-0.2, -0.15) is 0 Å². The van der Waals surface area contributed by atoms with Crippen LogP contribution in [0.5, 0.6) is 0 Å². The van der Waals surface area contributed by atoms with Crippen LogP contribution in [-0.4, -0.2) is 3.42 Å². The number of hydrogen-bond acceptors (Lipinski definition) is 0. The lowest BCUT2D eigenvalue weighted by Gasteiger charge is -2.27. The lowest BCUT2D eigenvalue weighted by molar-refractivity contribution is 0.621. The third-order valence-corrected chi connectivity index (χ3v) is 3.34. The molecule has 0 aliphatic heterocycles. The van der Waals surface area contributed by atoms with Crippen molar-refractivity contribution in [2.24, 2.45) is 5.92 Å². The van der Waals surface area contributed by atoms with Crippen molar-refractivity contribution in [3.05, 3.63) is 23.8 Å². The van der Waals surface area contributed by atoms with Gasteiger partial charge in [0.1, 0.15) is 0 Å². The van der Waals surface area contributed by atoms with Crippen molar-refractivity contribution in [3.8, 4) is 0 Å². The normalized spacial score (nSPS) is 39.6. The first kappa shape index (κ1) is 8.31. The average Bonchev–Trinajstić information content (AvgIpc) is 1.78. The summed E-state index contributed by atoms with van der Waals surface area (Å²) in [5.41, 5.74) is 1.38. The maximum atomic E-state index is 2.50. The van der Waals surface area contributed by atoms with Crippen molar-refractivity contribution < 1.29 is 0 Å². The predicted octanol–water partition coefficient (Wildman–Crippen LogP) is 3.33. The molecule has 0 heterocycles. The topological polar surface area (TPSA) is 0 Å². The molecule has 1 aliphatic rings. The lowest BCUT2D eigenvalue weighted by Crippen LogP contribution is -2.23. The quantitative estimate of drug-likeness (QED) is 0.455. The van der Waals surface area contributed by atoms with Gasteiger partial charge in [0.15, 0.2) is 0 Å². The Kier molecular flexibility index (Phi) is 2.23. The number of alkyl halides is 1. The van der Waals surface area contributed by atoms with Crippen molar-refractivity contribution in [2.45, 2.75) is 24.2 Å². The van der Waals surface area contributed by atoms with Gasteiger partial charge >= 0.3 is 0 Å². The number of halogens is 1. The molecule has 0 fully saturated rings. The van der Waals surface area contributed by atoms with Crippen LogP contribution in [0.1, 0.15) is 20.8 Å². The minimum absolute atomic E-state index is 0.330. The summed E-state index contributed by atoms with van der Waals surface area (Å²) in [4.78, 5) is 0. The molecule has 0 N–H and O–H groups in total. The molecule has 0 aromatic carbocycles. The van der Waals surface area contributed by atoms with E-state index in [9.17, 15) is 0 Å². The molecule has 0 aromatic heterocycles. The molecule has 0 aromatic rings. The Morgan fingerprint density at radius 3 is 2.60 bits per heavy atom. The molecule has 0 radical (unpaired) electrons. The van der Waals surface area contributed by atoms with Gasteiger partial charge in [-0.1, -0.05) is 53.3 Å². The molecule has 0 saturated carbocycles. The van der Waals surface area contributed by atoms with Crippen LogP contribution in [0.3, 0.4) is 0 Å². The highest BCUT2D eigenvalue weighted by Gasteiger charge is 2.25. The molecule has 0 nitrogen and oxygen atoms in total. The first-order chi connectivity index (χ1) is 4.52. The summed E-state index contributed by atoms with van der Waals surface area (Å²) >= 11 is 2.50. The Morgan fingerprint density at radius 1 is 1.60 bits per heavy atom. The summed E-state index contributed by atoms with van der Waals surface area (Å²) in [6, 6.07) is 0. The van der Waals surface area contributed by atoms with Crippen molar-refractivity contribution >= 4 is 22.6 Å². The van der Waals surface area contributed by atoms with Crippen molar-refractivity contribution in [3.63, 3.8) is 0 Å². The van der Waals surface area contributed by atoms with Gasteiger partial charge in [0.05, 0.1) is 0 Å². The lowest BCUT2D eigenvalue weighted by atomic mass is 9.89. The van der Waals surface area contributed by atoms with E-state index < -0.39 is 0 Å². The number of rotatable bonds is 0. The molecule has 1 rings (SSSR count). The first-order valence-corrected chi connectivity index (χ1v) is 4.67. The fraction of sp³-hybridized carbons (Fsp3) is 0.556. The summed E-state index contributed by atoms with van der Waals surface area (Å²) < 4.78 is 0.330. The number of allylic oxidation sites excluding steroid dienone is 4. The molecule has 0 spiro atoms. The fourth-order valence-electron chi connectivity index (χ4n) is 1.11. The molecule has 2 unspecified atom stereocenters. The largest absolute Gasteiger partial charge is 0.0798 e. The smallest absolute Gasteiger partial charge is 0.0438 e. The molecule has 10 heavy (non-hydrogen) atoms. The van der Waals surface area contributed by atoms with E-state index >= 15 is 0 Å². The van der Waals surface area contributed by atoms with Crippen molar-refractivity contribution in [1.82, 2.24) is 0 Å². The highest BCUT2D eigenvalue weighted by atomic mass is 127. The van der Waals surface area contributed by atoms with Gasteiger partial charge in [-0.3, -0.25) is 0 Å². The molecule has 1 aliphatic carbocycles. The van der Waals surface area contributed by atoms with Gasteiger partial charge in [0.25, 0.3) is 0 Å². The predicted molar refractivity (Wildman–Crippen MR) is 54.5 cm³/mol. The second kappa shape index (κ2) is 2.68. The van der Waals surface area contributed by atoms with Gasteiger partial charge in [-0.05, 0) is 19.8 Å². The monoisotopic (exact) mass is 248 g/mol. The van der Waals surface area contributed by atoms with Gasteiger partial charge in [0.2, 0.25) is 0 Å². The SMILES string of the molecule is CC1=CC(C)(I)C(C)C=C1. The van der Waals surface area contributed by atoms with E-state index in [4.69, 9.17) is 0 Å². The molecular formula is C9H13I. The summed E-state index contributed by atoms with van der Waals surface area (Å²) in [5.74, 6) is 0.664. The first-order valence-electron chi connectivity index (χ1n) is 3.59. The van der Waals surface area contributed by atoms with Gasteiger partial charge < -0.3 is 0 Å². The Bertz CT molecular complexity index is 187. The highest BCUT2D eigenvalue weighted by Crippen LogP contribution is 2.34. The van der Waals surface area contributed by atoms with Crippen LogP contribution in [-0.2, 0) is 0 Å². The van der Waals surface area contributed by atoms with Crippen LogP contribution in [0.2, 0.25) is 0 Å². The molecule has 2 atom stereocenters. The molecule has 1 heteroatoms. The van der Waals surface area contributed by atoms with Crippen molar-refractivity contribution in [1.29, 1.82) is 0 Å². The standard InChI is InChI=1S/C9H13I/c1-7-4-5-8(2)9(3,10)6-7/h4-6,8H,1-3H3. The summed E-state index contributed by atoms with van der Waals surface area (Å²) in [6.07, 6.45) is 6.81. The van der Waals surface area contributed by atoms with E-state index in [0.29, 0.717) is 9.34 Å². The molecule has 0 saturated heterocycles. The van der Waals surface area contributed by atoms with E-state index in [1.807, 2.05) is 0 Å². The van der Waals surface area contributed by atoms with Gasteiger partial charge in [-0.25, -0.2) is 0 Å². The fourth-order valence-corrected chi connectivity index (χ4v) is 1.81. The van der Waals surface area contributed by atoms with Gasteiger partial charge in [0, 0.05) is 3.42 Å². The van der Waals surface area contributed by atoms with E-state index in [1.165, 1.54) is 5.57 Å². The van der Waals surface area contributed by atoms with Crippen LogP contribution in [0, 0.1) is 5.92 Å². The Labute approximate surface area is 76.5 Å². The Morgan fingerprint density at radius 2 is 2.20 bits per heavy atom. The van der Waals surface area contributed by atoms with E-state index in [0.717, 1.165) is 0 Å². The second-order valence-corrected chi connectivity index (χ2v) is 5.51. The number of hydrogen-bond donors (Lipinski definition) is 0. The molecular weight excluding hydrogens is 235 g/mol. The minimum Gasteiger partial charge on any atom is -0.0798 e. The van der Waals surface area contributed by atoms with Crippen LogP contribution < -0.4 is 0 Å².